The Balaban J connectivity index is 1.86. The first-order valence-electron chi connectivity index (χ1n) is 6.06. The van der Waals surface area contributed by atoms with Gasteiger partial charge < -0.3 is 10.6 Å². The molecule has 0 unspecified atom stereocenters. The molecule has 7 heteroatoms. The number of aromatic nitrogens is 4. The van der Waals surface area contributed by atoms with Crippen molar-refractivity contribution in [3.63, 3.8) is 0 Å². The smallest absolute Gasteiger partial charge is 0.204 e. The summed E-state index contributed by atoms with van der Waals surface area (Å²) in [6, 6.07) is 4.33. The van der Waals surface area contributed by atoms with Gasteiger partial charge in [0.25, 0.3) is 0 Å². The number of anilines is 1. The molecule has 0 aliphatic carbocycles. The second-order valence-corrected chi connectivity index (χ2v) is 5.58. The van der Waals surface area contributed by atoms with Crippen LogP contribution in [0.5, 0.6) is 0 Å². The van der Waals surface area contributed by atoms with Gasteiger partial charge in [-0.15, -0.1) is 21.5 Å². The maximum Gasteiger partial charge on any atom is 0.204 e. The third kappa shape index (κ3) is 1.62. The summed E-state index contributed by atoms with van der Waals surface area (Å²) in [7, 11) is 0. The van der Waals surface area contributed by atoms with Gasteiger partial charge in [0.15, 0.2) is 5.82 Å². The zero-order valence-corrected chi connectivity index (χ0v) is 10.9. The van der Waals surface area contributed by atoms with Crippen molar-refractivity contribution < 1.29 is 0 Å². The molecule has 1 fully saturated rings. The fourth-order valence-electron chi connectivity index (χ4n) is 2.32. The van der Waals surface area contributed by atoms with Crippen LogP contribution in [-0.2, 0) is 0 Å². The zero-order chi connectivity index (χ0) is 12.8. The minimum Gasteiger partial charge on any atom is -0.350 e. The van der Waals surface area contributed by atoms with Crippen LogP contribution >= 0.6 is 11.3 Å². The summed E-state index contributed by atoms with van der Waals surface area (Å²) in [5.74, 6) is 0.861. The lowest BCUT2D eigenvalue weighted by molar-refractivity contribution is 0.515. The van der Waals surface area contributed by atoms with E-state index in [9.17, 15) is 0 Å². The number of thiophene rings is 1. The highest BCUT2D eigenvalue weighted by Gasteiger charge is 2.27. The van der Waals surface area contributed by atoms with Gasteiger partial charge in [-0.1, -0.05) is 6.07 Å². The maximum atomic E-state index is 5.82. The summed E-state index contributed by atoms with van der Waals surface area (Å²) >= 11 is 1.68. The Morgan fingerprint density at radius 2 is 2.26 bits per heavy atom. The molecule has 0 radical (unpaired) electrons. The van der Waals surface area contributed by atoms with Crippen molar-refractivity contribution in [2.45, 2.75) is 6.04 Å². The van der Waals surface area contributed by atoms with Crippen LogP contribution in [0.25, 0.3) is 16.2 Å². The second-order valence-electron chi connectivity index (χ2n) is 4.63. The summed E-state index contributed by atoms with van der Waals surface area (Å²) in [5.41, 5.74) is 7.63. The van der Waals surface area contributed by atoms with E-state index in [-0.39, 0.29) is 6.04 Å². The lowest BCUT2D eigenvalue weighted by Gasteiger charge is -2.37. The SMILES string of the molecule is NC1CN(c2ncc(-c3cccs3)n3cnnc23)C1. The minimum atomic E-state index is 0.238. The third-order valence-corrected chi connectivity index (χ3v) is 4.19. The molecule has 4 heterocycles. The Hall–Kier alpha value is -1.99. The predicted octanol–water partition coefficient (Wildman–Crippen LogP) is 1.00. The molecule has 4 rings (SSSR count). The molecule has 0 saturated carbocycles. The molecule has 0 atom stereocenters. The van der Waals surface area contributed by atoms with Gasteiger partial charge in [0.2, 0.25) is 5.65 Å². The van der Waals surface area contributed by atoms with E-state index in [0.717, 1.165) is 35.1 Å². The number of hydrogen-bond acceptors (Lipinski definition) is 6. The van der Waals surface area contributed by atoms with E-state index >= 15 is 0 Å². The molecule has 1 aliphatic rings. The van der Waals surface area contributed by atoms with E-state index in [0.29, 0.717) is 0 Å². The van der Waals surface area contributed by atoms with Gasteiger partial charge >= 0.3 is 0 Å². The first-order valence-corrected chi connectivity index (χ1v) is 6.94. The van der Waals surface area contributed by atoms with Gasteiger partial charge in [0, 0.05) is 19.1 Å². The van der Waals surface area contributed by atoms with E-state index in [1.165, 1.54) is 0 Å². The van der Waals surface area contributed by atoms with E-state index < -0.39 is 0 Å². The van der Waals surface area contributed by atoms with Crippen molar-refractivity contribution in [1.29, 1.82) is 0 Å². The number of hydrogen-bond donors (Lipinski definition) is 1. The monoisotopic (exact) mass is 272 g/mol. The van der Waals surface area contributed by atoms with Crippen LogP contribution in [0.3, 0.4) is 0 Å². The molecule has 0 amide bonds. The molecule has 0 spiro atoms. The number of nitrogens with two attached hydrogens (primary N) is 1. The number of fused-ring (bicyclic) bond motifs is 1. The highest BCUT2D eigenvalue weighted by Crippen LogP contribution is 2.28. The lowest BCUT2D eigenvalue weighted by Crippen LogP contribution is -2.56. The topological polar surface area (TPSA) is 72.3 Å². The molecular weight excluding hydrogens is 260 g/mol. The van der Waals surface area contributed by atoms with Crippen molar-refractivity contribution in [3.05, 3.63) is 30.0 Å². The average molecular weight is 272 g/mol. The highest BCUT2D eigenvalue weighted by atomic mass is 32.1. The molecule has 0 aromatic carbocycles. The summed E-state index contributed by atoms with van der Waals surface area (Å²) < 4.78 is 1.98. The van der Waals surface area contributed by atoms with Crippen molar-refractivity contribution in [1.82, 2.24) is 19.6 Å². The summed E-state index contributed by atoms with van der Waals surface area (Å²) in [6.45, 7) is 1.65. The summed E-state index contributed by atoms with van der Waals surface area (Å²) in [4.78, 5) is 7.83. The van der Waals surface area contributed by atoms with E-state index in [1.54, 1.807) is 17.7 Å². The van der Waals surface area contributed by atoms with E-state index in [1.807, 2.05) is 22.0 Å². The van der Waals surface area contributed by atoms with Gasteiger partial charge in [-0.3, -0.25) is 4.40 Å². The third-order valence-electron chi connectivity index (χ3n) is 3.30. The fraction of sp³-hybridized carbons (Fsp3) is 0.250. The Morgan fingerprint density at radius 1 is 1.37 bits per heavy atom. The zero-order valence-electron chi connectivity index (χ0n) is 10.1. The second kappa shape index (κ2) is 4.01. The predicted molar refractivity (Wildman–Crippen MR) is 74.3 cm³/mol. The molecule has 0 bridgehead atoms. The van der Waals surface area contributed by atoms with Gasteiger partial charge in [-0.25, -0.2) is 4.98 Å². The first-order chi connectivity index (χ1) is 9.33. The van der Waals surface area contributed by atoms with Crippen LogP contribution in [0.1, 0.15) is 0 Å². The van der Waals surface area contributed by atoms with Gasteiger partial charge in [0.1, 0.15) is 6.33 Å². The van der Waals surface area contributed by atoms with Crippen LogP contribution in [0.15, 0.2) is 30.0 Å². The van der Waals surface area contributed by atoms with Gasteiger partial charge in [0.05, 0.1) is 16.8 Å². The van der Waals surface area contributed by atoms with Crippen LogP contribution in [0.2, 0.25) is 0 Å². The maximum absolute atomic E-state index is 5.82. The standard InChI is InChI=1S/C12H12N6S/c13-8-5-17(6-8)11-12-16-15-7-18(12)9(4-14-11)10-2-1-3-19-10/h1-4,7-8H,5-6,13H2. The van der Waals surface area contributed by atoms with Crippen molar-refractivity contribution >= 4 is 22.8 Å². The Kier molecular flexibility index (Phi) is 2.30. The van der Waals surface area contributed by atoms with Crippen LogP contribution in [0.4, 0.5) is 5.82 Å². The van der Waals surface area contributed by atoms with Gasteiger partial charge in [-0.2, -0.15) is 0 Å². The summed E-state index contributed by atoms with van der Waals surface area (Å²) in [6.07, 6.45) is 3.61. The molecular formula is C12H12N6S. The molecule has 1 aliphatic heterocycles. The van der Waals surface area contributed by atoms with Crippen LogP contribution in [0, 0.1) is 0 Å². The van der Waals surface area contributed by atoms with E-state index in [4.69, 9.17) is 5.73 Å². The molecule has 19 heavy (non-hydrogen) atoms. The fourth-order valence-corrected chi connectivity index (χ4v) is 3.05. The average Bonchev–Trinajstić information content (AvgIpc) is 3.04. The van der Waals surface area contributed by atoms with Crippen LogP contribution in [-0.4, -0.2) is 38.7 Å². The molecule has 3 aromatic heterocycles. The quantitative estimate of drug-likeness (QED) is 0.753. The first kappa shape index (κ1) is 10.9. The molecule has 96 valence electrons. The molecule has 6 nitrogen and oxygen atoms in total. The molecule has 3 aromatic rings. The largest absolute Gasteiger partial charge is 0.350 e. The van der Waals surface area contributed by atoms with Crippen molar-refractivity contribution in [2.75, 3.05) is 18.0 Å². The number of rotatable bonds is 2. The van der Waals surface area contributed by atoms with Crippen LogP contribution < -0.4 is 10.6 Å². The number of nitrogens with zero attached hydrogens (tertiary/aromatic N) is 5. The van der Waals surface area contributed by atoms with Crippen molar-refractivity contribution in [3.8, 4) is 10.6 Å². The minimum absolute atomic E-state index is 0.238. The van der Waals surface area contributed by atoms with Gasteiger partial charge in [-0.05, 0) is 11.4 Å². The molecule has 2 N–H and O–H groups in total. The van der Waals surface area contributed by atoms with E-state index in [2.05, 4.69) is 26.1 Å². The van der Waals surface area contributed by atoms with Crippen molar-refractivity contribution in [2.24, 2.45) is 5.73 Å². The Bertz CT molecular complexity index is 713. The Labute approximate surface area is 113 Å². The summed E-state index contributed by atoms with van der Waals surface area (Å²) in [5, 5.41) is 10.3. The Morgan fingerprint density at radius 3 is 3.00 bits per heavy atom. The highest BCUT2D eigenvalue weighted by molar-refractivity contribution is 7.13. The molecule has 1 saturated heterocycles. The lowest BCUT2D eigenvalue weighted by atomic mass is 10.1. The normalized spacial score (nSPS) is 15.9.